The van der Waals surface area contributed by atoms with Gasteiger partial charge in [-0.1, -0.05) is 6.07 Å². The smallest absolute Gasteiger partial charge is 0.341 e. The van der Waals surface area contributed by atoms with Crippen LogP contribution in [0.3, 0.4) is 0 Å². The largest absolute Gasteiger partial charge is 0.507 e. The van der Waals surface area contributed by atoms with Crippen molar-refractivity contribution >= 4 is 12.0 Å². The summed E-state index contributed by atoms with van der Waals surface area (Å²) in [5.74, 6) is -0.939. The van der Waals surface area contributed by atoms with Crippen LogP contribution in [0.15, 0.2) is 23.9 Å². The molecule has 1 rings (SSSR count). The average molecular weight is 237 g/mol. The number of nitrogens with zero attached hydrogens (tertiary/aromatic N) is 1. The van der Waals surface area contributed by atoms with Crippen molar-refractivity contribution in [1.29, 1.82) is 0 Å². The van der Waals surface area contributed by atoms with Crippen LogP contribution >= 0.6 is 0 Å². The molecular weight excluding hydrogens is 226 g/mol. The Labute approximate surface area is 97.3 Å². The molecule has 0 unspecified atom stereocenters. The molecule has 0 bridgehead atoms. The number of rotatable bonds is 3. The number of hydrogen-bond acceptors (Lipinski definition) is 5. The molecule has 1 aromatic rings. The van der Waals surface area contributed by atoms with E-state index in [1.165, 1.54) is 38.3 Å². The molecule has 0 heterocycles. The maximum absolute atomic E-state index is 11.2. The number of nitro groups is 1. The Morgan fingerprint density at radius 1 is 1.53 bits per heavy atom. The molecule has 0 atom stereocenters. The highest BCUT2D eigenvalue weighted by molar-refractivity contribution is 5.92. The highest BCUT2D eigenvalue weighted by Crippen LogP contribution is 2.21. The normalized spacial score (nSPS) is 11.1. The van der Waals surface area contributed by atoms with E-state index in [1.807, 2.05) is 0 Å². The summed E-state index contributed by atoms with van der Waals surface area (Å²) in [7, 11) is 1.20. The molecule has 0 aliphatic carbocycles. The van der Waals surface area contributed by atoms with Crippen molar-refractivity contribution in [3.05, 3.63) is 45.1 Å². The van der Waals surface area contributed by atoms with Crippen LogP contribution in [0.5, 0.6) is 5.75 Å². The van der Waals surface area contributed by atoms with E-state index in [0.29, 0.717) is 5.56 Å². The Morgan fingerprint density at radius 2 is 2.18 bits per heavy atom. The van der Waals surface area contributed by atoms with Gasteiger partial charge in [-0.2, -0.15) is 0 Å². The summed E-state index contributed by atoms with van der Waals surface area (Å²) in [5, 5.41) is 20.0. The molecule has 0 aliphatic heterocycles. The molecule has 0 saturated carbocycles. The number of hydrogen-bond donors (Lipinski definition) is 1. The SMILES string of the molecule is COC(=O)c1ccc(/C=C(\C)[N+](=O)[O-])cc1O. The van der Waals surface area contributed by atoms with Crippen LogP contribution in [0.4, 0.5) is 0 Å². The van der Waals surface area contributed by atoms with Gasteiger partial charge in [-0.15, -0.1) is 0 Å². The van der Waals surface area contributed by atoms with Gasteiger partial charge in [0.05, 0.1) is 12.0 Å². The standard InChI is InChI=1S/C11H11NO5/c1-7(12(15)16)5-8-3-4-9(10(13)6-8)11(14)17-2/h3-6,13H,1-2H3/b7-5+. The maximum atomic E-state index is 11.2. The second-order valence-electron chi connectivity index (χ2n) is 3.31. The summed E-state index contributed by atoms with van der Waals surface area (Å²) < 4.78 is 4.45. The molecule has 0 fully saturated rings. The van der Waals surface area contributed by atoms with E-state index in [0.717, 1.165) is 0 Å². The second kappa shape index (κ2) is 5.11. The van der Waals surface area contributed by atoms with Gasteiger partial charge >= 0.3 is 5.97 Å². The fourth-order valence-corrected chi connectivity index (χ4v) is 1.21. The molecule has 0 amide bonds. The van der Waals surface area contributed by atoms with E-state index in [4.69, 9.17) is 0 Å². The van der Waals surface area contributed by atoms with E-state index in [9.17, 15) is 20.0 Å². The Kier molecular flexibility index (Phi) is 3.82. The number of allylic oxidation sites excluding steroid dienone is 1. The molecule has 0 aliphatic rings. The van der Waals surface area contributed by atoms with E-state index >= 15 is 0 Å². The van der Waals surface area contributed by atoms with E-state index in [2.05, 4.69) is 4.74 Å². The van der Waals surface area contributed by atoms with Gasteiger partial charge in [0.1, 0.15) is 11.3 Å². The first kappa shape index (κ1) is 12.7. The van der Waals surface area contributed by atoms with Crippen molar-refractivity contribution in [2.45, 2.75) is 6.92 Å². The highest BCUT2D eigenvalue weighted by Gasteiger charge is 2.11. The third-order valence-electron chi connectivity index (χ3n) is 2.09. The van der Waals surface area contributed by atoms with Crippen LogP contribution < -0.4 is 0 Å². The summed E-state index contributed by atoms with van der Waals surface area (Å²) in [5.41, 5.74) is 0.392. The number of carbonyl (C=O) groups excluding carboxylic acids is 1. The van der Waals surface area contributed by atoms with Crippen LogP contribution in [0.2, 0.25) is 0 Å². The van der Waals surface area contributed by atoms with E-state index in [-0.39, 0.29) is 17.0 Å². The van der Waals surface area contributed by atoms with Crippen molar-refractivity contribution < 1.29 is 19.6 Å². The minimum Gasteiger partial charge on any atom is -0.507 e. The monoisotopic (exact) mass is 237 g/mol. The van der Waals surface area contributed by atoms with Crippen LogP contribution in [-0.4, -0.2) is 23.1 Å². The quantitative estimate of drug-likeness (QED) is 0.492. The van der Waals surface area contributed by atoms with Gasteiger partial charge in [-0.05, 0) is 17.7 Å². The molecular formula is C11H11NO5. The number of esters is 1. The molecule has 0 radical (unpaired) electrons. The van der Waals surface area contributed by atoms with Crippen molar-refractivity contribution in [3.63, 3.8) is 0 Å². The fourth-order valence-electron chi connectivity index (χ4n) is 1.21. The lowest BCUT2D eigenvalue weighted by Crippen LogP contribution is -2.01. The van der Waals surface area contributed by atoms with Crippen LogP contribution in [0.1, 0.15) is 22.8 Å². The Hall–Kier alpha value is -2.37. The van der Waals surface area contributed by atoms with Gasteiger partial charge in [-0.25, -0.2) is 4.79 Å². The molecule has 0 aromatic heterocycles. The first-order valence-electron chi connectivity index (χ1n) is 4.69. The van der Waals surface area contributed by atoms with Gasteiger partial charge in [0.2, 0.25) is 5.70 Å². The number of methoxy groups -OCH3 is 1. The minimum atomic E-state index is -0.663. The zero-order chi connectivity index (χ0) is 13.0. The first-order chi connectivity index (χ1) is 7.95. The lowest BCUT2D eigenvalue weighted by molar-refractivity contribution is -0.422. The maximum Gasteiger partial charge on any atom is 0.341 e. The predicted molar refractivity (Wildman–Crippen MR) is 60.1 cm³/mol. The number of benzene rings is 1. The van der Waals surface area contributed by atoms with Gasteiger partial charge in [-0.3, -0.25) is 10.1 Å². The van der Waals surface area contributed by atoms with Crippen LogP contribution in [0.25, 0.3) is 6.08 Å². The molecule has 90 valence electrons. The molecule has 0 spiro atoms. The molecule has 0 saturated heterocycles. The van der Waals surface area contributed by atoms with Gasteiger partial charge < -0.3 is 9.84 Å². The summed E-state index contributed by atoms with van der Waals surface area (Å²) in [6.45, 7) is 1.34. The zero-order valence-electron chi connectivity index (χ0n) is 9.34. The van der Waals surface area contributed by atoms with E-state index in [1.54, 1.807) is 0 Å². The van der Waals surface area contributed by atoms with Crippen molar-refractivity contribution in [3.8, 4) is 5.75 Å². The highest BCUT2D eigenvalue weighted by atomic mass is 16.6. The number of aromatic hydroxyl groups is 1. The Morgan fingerprint density at radius 3 is 2.65 bits per heavy atom. The van der Waals surface area contributed by atoms with Crippen LogP contribution in [0, 0.1) is 10.1 Å². The average Bonchev–Trinajstić information content (AvgIpc) is 2.28. The third-order valence-corrected chi connectivity index (χ3v) is 2.09. The number of phenols is 1. The van der Waals surface area contributed by atoms with Gasteiger partial charge in [0.15, 0.2) is 0 Å². The summed E-state index contributed by atoms with van der Waals surface area (Å²) >= 11 is 0. The summed E-state index contributed by atoms with van der Waals surface area (Å²) in [6.07, 6.45) is 1.29. The molecule has 6 nitrogen and oxygen atoms in total. The van der Waals surface area contributed by atoms with Crippen LogP contribution in [-0.2, 0) is 4.74 Å². The molecule has 1 aromatic carbocycles. The Balaban J connectivity index is 3.09. The van der Waals surface area contributed by atoms with Crippen molar-refractivity contribution in [2.75, 3.05) is 7.11 Å². The third kappa shape index (κ3) is 3.04. The molecule has 17 heavy (non-hydrogen) atoms. The molecule has 6 heteroatoms. The summed E-state index contributed by atoms with van der Waals surface area (Å²) in [6, 6.07) is 4.10. The first-order valence-corrected chi connectivity index (χ1v) is 4.69. The van der Waals surface area contributed by atoms with Gasteiger partial charge in [0.25, 0.3) is 0 Å². The Bertz CT molecular complexity index is 493. The number of carbonyl (C=O) groups is 1. The fraction of sp³-hybridized carbons (Fsp3) is 0.182. The minimum absolute atomic E-state index is 0.0170. The second-order valence-corrected chi connectivity index (χ2v) is 3.31. The zero-order valence-corrected chi connectivity index (χ0v) is 9.34. The molecule has 1 N–H and O–H groups in total. The topological polar surface area (TPSA) is 89.7 Å². The van der Waals surface area contributed by atoms with Crippen molar-refractivity contribution in [1.82, 2.24) is 0 Å². The predicted octanol–water partition coefficient (Wildman–Crippen LogP) is 1.82. The van der Waals surface area contributed by atoms with E-state index < -0.39 is 10.9 Å². The van der Waals surface area contributed by atoms with Gasteiger partial charge in [0, 0.05) is 13.0 Å². The summed E-state index contributed by atoms with van der Waals surface area (Å²) in [4.78, 5) is 21.0. The number of ether oxygens (including phenoxy) is 1. The lowest BCUT2D eigenvalue weighted by Gasteiger charge is -2.03. The van der Waals surface area contributed by atoms with Crippen molar-refractivity contribution in [2.24, 2.45) is 0 Å². The number of phenolic OH excluding ortho intramolecular Hbond substituents is 1. The lowest BCUT2D eigenvalue weighted by atomic mass is 10.1.